The van der Waals surface area contributed by atoms with Crippen molar-refractivity contribution in [2.24, 2.45) is 0 Å². The summed E-state index contributed by atoms with van der Waals surface area (Å²) in [4.78, 5) is 32.2. The van der Waals surface area contributed by atoms with Gasteiger partial charge >= 0.3 is 0 Å². The lowest BCUT2D eigenvalue weighted by atomic mass is 10.2. The van der Waals surface area contributed by atoms with Gasteiger partial charge in [0, 0.05) is 12.1 Å². The average Bonchev–Trinajstić information content (AvgIpc) is 3.39. The third kappa shape index (κ3) is 4.20. The number of halogens is 2. The van der Waals surface area contributed by atoms with Crippen LogP contribution in [0.15, 0.2) is 42.6 Å². The maximum Gasteiger partial charge on any atom is 0.261 e. The number of H-pyrrole nitrogens is 2. The SMILES string of the molecule is CCCCNC(=O)c1ccc2nc(-c3[nH]ncc3NC(=O)c3c(F)cccc3F)[nH]c2c1. The zero-order valence-corrected chi connectivity index (χ0v) is 17.1. The van der Waals surface area contributed by atoms with Gasteiger partial charge in [0.1, 0.15) is 22.9 Å². The van der Waals surface area contributed by atoms with Gasteiger partial charge in [0.25, 0.3) is 11.8 Å². The van der Waals surface area contributed by atoms with Crippen molar-refractivity contribution in [3.8, 4) is 11.5 Å². The zero-order valence-electron chi connectivity index (χ0n) is 17.1. The first-order valence-corrected chi connectivity index (χ1v) is 10.0. The highest BCUT2D eigenvalue weighted by Gasteiger charge is 2.20. The third-order valence-corrected chi connectivity index (χ3v) is 4.87. The molecule has 0 atom stereocenters. The van der Waals surface area contributed by atoms with Gasteiger partial charge in [-0.2, -0.15) is 5.10 Å². The predicted octanol–water partition coefficient (Wildman–Crippen LogP) is 4.01. The standard InChI is InChI=1S/C22H20F2N6O2/c1-2-3-9-25-21(31)12-7-8-15-16(10-12)28-20(27-15)19-17(11-26-30-19)29-22(32)18-13(23)5-4-6-14(18)24/h4-8,10-11H,2-3,9H2,1H3,(H,25,31)(H,26,30)(H,27,28)(H,29,32). The van der Waals surface area contributed by atoms with Crippen LogP contribution in [0.1, 0.15) is 40.5 Å². The molecule has 4 N–H and O–H groups in total. The first-order valence-electron chi connectivity index (χ1n) is 10.0. The molecule has 0 aliphatic carbocycles. The summed E-state index contributed by atoms with van der Waals surface area (Å²) in [5.41, 5.74) is 1.50. The molecule has 0 saturated heterocycles. The molecule has 0 aliphatic rings. The largest absolute Gasteiger partial charge is 0.352 e. The van der Waals surface area contributed by atoms with E-state index < -0.39 is 23.1 Å². The van der Waals surface area contributed by atoms with Crippen molar-refractivity contribution in [1.82, 2.24) is 25.5 Å². The van der Waals surface area contributed by atoms with E-state index in [0.29, 0.717) is 34.7 Å². The van der Waals surface area contributed by atoms with E-state index in [9.17, 15) is 18.4 Å². The number of benzene rings is 2. The van der Waals surface area contributed by atoms with E-state index >= 15 is 0 Å². The number of rotatable bonds is 7. The summed E-state index contributed by atoms with van der Waals surface area (Å²) in [7, 11) is 0. The van der Waals surface area contributed by atoms with Crippen LogP contribution in [0.2, 0.25) is 0 Å². The molecular weight excluding hydrogens is 418 g/mol. The highest BCUT2D eigenvalue weighted by atomic mass is 19.1. The summed E-state index contributed by atoms with van der Waals surface area (Å²) in [6.07, 6.45) is 3.19. The molecule has 0 unspecified atom stereocenters. The molecular formula is C22H20F2N6O2. The normalized spacial score (nSPS) is 11.0. The molecule has 0 aliphatic heterocycles. The Morgan fingerprint density at radius 1 is 1.09 bits per heavy atom. The fraction of sp³-hybridized carbons (Fsp3) is 0.182. The molecule has 2 amide bonds. The van der Waals surface area contributed by atoms with E-state index in [1.54, 1.807) is 18.2 Å². The van der Waals surface area contributed by atoms with Crippen LogP contribution in [0.5, 0.6) is 0 Å². The Balaban J connectivity index is 1.59. The van der Waals surface area contributed by atoms with Gasteiger partial charge < -0.3 is 15.6 Å². The van der Waals surface area contributed by atoms with E-state index in [4.69, 9.17) is 0 Å². The van der Waals surface area contributed by atoms with Crippen LogP contribution in [0.3, 0.4) is 0 Å². The van der Waals surface area contributed by atoms with Crippen molar-refractivity contribution in [3.63, 3.8) is 0 Å². The van der Waals surface area contributed by atoms with Gasteiger partial charge in [-0.1, -0.05) is 19.4 Å². The van der Waals surface area contributed by atoms with Crippen LogP contribution in [0.4, 0.5) is 14.5 Å². The highest BCUT2D eigenvalue weighted by molar-refractivity contribution is 6.06. The predicted molar refractivity (Wildman–Crippen MR) is 115 cm³/mol. The number of amides is 2. The molecule has 0 spiro atoms. The zero-order chi connectivity index (χ0) is 22.7. The maximum atomic E-state index is 13.9. The number of aromatic nitrogens is 4. The summed E-state index contributed by atoms with van der Waals surface area (Å²) in [5.74, 6) is -2.74. The van der Waals surface area contributed by atoms with E-state index in [1.807, 2.05) is 6.92 Å². The van der Waals surface area contributed by atoms with Gasteiger partial charge in [-0.3, -0.25) is 14.7 Å². The van der Waals surface area contributed by atoms with Gasteiger partial charge in [-0.05, 0) is 36.8 Å². The van der Waals surface area contributed by atoms with Crippen LogP contribution in [0.25, 0.3) is 22.6 Å². The van der Waals surface area contributed by atoms with Gasteiger partial charge in [0.15, 0.2) is 5.82 Å². The summed E-state index contributed by atoms with van der Waals surface area (Å²) in [6, 6.07) is 8.24. The fourth-order valence-electron chi connectivity index (χ4n) is 3.21. The molecule has 8 nitrogen and oxygen atoms in total. The number of nitrogens with zero attached hydrogens (tertiary/aromatic N) is 2. The van der Waals surface area contributed by atoms with E-state index in [2.05, 4.69) is 30.8 Å². The van der Waals surface area contributed by atoms with Crippen molar-refractivity contribution in [2.45, 2.75) is 19.8 Å². The smallest absolute Gasteiger partial charge is 0.261 e. The molecule has 32 heavy (non-hydrogen) atoms. The molecule has 0 fully saturated rings. The molecule has 2 aromatic carbocycles. The summed E-state index contributed by atoms with van der Waals surface area (Å²) >= 11 is 0. The minimum atomic E-state index is -0.971. The number of nitrogens with one attached hydrogen (secondary N) is 4. The number of hydrogen-bond acceptors (Lipinski definition) is 4. The summed E-state index contributed by atoms with van der Waals surface area (Å²) < 4.78 is 27.8. The Kier molecular flexibility index (Phi) is 5.93. The van der Waals surface area contributed by atoms with E-state index in [0.717, 1.165) is 25.0 Å². The van der Waals surface area contributed by atoms with Crippen molar-refractivity contribution in [3.05, 3.63) is 65.4 Å². The number of carbonyl (C=O) groups is 2. The van der Waals surface area contributed by atoms with Crippen molar-refractivity contribution in [2.75, 3.05) is 11.9 Å². The molecule has 0 bridgehead atoms. The highest BCUT2D eigenvalue weighted by Crippen LogP contribution is 2.26. The van der Waals surface area contributed by atoms with Crippen LogP contribution >= 0.6 is 0 Å². The number of aromatic amines is 2. The molecule has 164 valence electrons. The van der Waals surface area contributed by atoms with E-state index in [-0.39, 0.29) is 11.6 Å². The fourth-order valence-corrected chi connectivity index (χ4v) is 3.21. The Bertz CT molecular complexity index is 1280. The topological polar surface area (TPSA) is 116 Å². The van der Waals surface area contributed by atoms with Gasteiger partial charge in [-0.15, -0.1) is 0 Å². The van der Waals surface area contributed by atoms with Crippen molar-refractivity contribution < 1.29 is 18.4 Å². The molecule has 2 heterocycles. The minimum absolute atomic E-state index is 0.182. The van der Waals surface area contributed by atoms with Crippen LogP contribution in [-0.4, -0.2) is 38.5 Å². The Morgan fingerprint density at radius 3 is 2.62 bits per heavy atom. The van der Waals surface area contributed by atoms with Gasteiger partial charge in [-0.25, -0.2) is 13.8 Å². The van der Waals surface area contributed by atoms with Gasteiger partial charge in [0.05, 0.1) is 22.9 Å². The maximum absolute atomic E-state index is 13.9. The molecule has 0 saturated carbocycles. The Labute approximate surface area is 181 Å². The molecule has 10 heteroatoms. The third-order valence-electron chi connectivity index (χ3n) is 4.87. The van der Waals surface area contributed by atoms with Crippen LogP contribution in [-0.2, 0) is 0 Å². The molecule has 4 rings (SSSR count). The summed E-state index contributed by atoms with van der Waals surface area (Å²) in [6.45, 7) is 2.64. The number of fused-ring (bicyclic) bond motifs is 1. The molecule has 4 aromatic rings. The average molecular weight is 438 g/mol. The quantitative estimate of drug-likeness (QED) is 0.326. The second-order valence-electron chi connectivity index (χ2n) is 7.14. The van der Waals surface area contributed by atoms with Crippen LogP contribution < -0.4 is 10.6 Å². The van der Waals surface area contributed by atoms with Gasteiger partial charge in [0.2, 0.25) is 0 Å². The number of unbranched alkanes of at least 4 members (excludes halogenated alkanes) is 1. The van der Waals surface area contributed by atoms with Crippen LogP contribution in [0, 0.1) is 11.6 Å². The summed E-state index contributed by atoms with van der Waals surface area (Å²) in [5, 5.41) is 11.9. The lowest BCUT2D eigenvalue weighted by molar-refractivity contribution is 0.0952. The molecule has 2 aromatic heterocycles. The van der Waals surface area contributed by atoms with Crippen molar-refractivity contribution in [1.29, 1.82) is 0 Å². The second kappa shape index (κ2) is 8.96. The van der Waals surface area contributed by atoms with Crippen molar-refractivity contribution >= 4 is 28.5 Å². The number of anilines is 1. The number of imidazole rings is 1. The Hall–Kier alpha value is -4.08. The monoisotopic (exact) mass is 438 g/mol. The molecule has 0 radical (unpaired) electrons. The minimum Gasteiger partial charge on any atom is -0.352 e. The number of carbonyl (C=O) groups excluding carboxylic acids is 2. The lowest BCUT2D eigenvalue weighted by Gasteiger charge is -2.06. The van der Waals surface area contributed by atoms with E-state index in [1.165, 1.54) is 12.3 Å². The lowest BCUT2D eigenvalue weighted by Crippen LogP contribution is -2.24. The number of hydrogen-bond donors (Lipinski definition) is 4. The Morgan fingerprint density at radius 2 is 1.88 bits per heavy atom. The first kappa shape index (κ1) is 21.2. The first-order chi connectivity index (χ1) is 15.5. The second-order valence-corrected chi connectivity index (χ2v) is 7.14.